The second kappa shape index (κ2) is 6.23. The molecule has 2 N–H and O–H groups in total. The molecule has 24 heavy (non-hydrogen) atoms. The van der Waals surface area contributed by atoms with Gasteiger partial charge >= 0.3 is 0 Å². The van der Waals surface area contributed by atoms with E-state index in [1.54, 1.807) is 6.07 Å². The van der Waals surface area contributed by atoms with E-state index in [2.05, 4.69) is 10.6 Å². The molecule has 1 aliphatic rings. The van der Waals surface area contributed by atoms with E-state index in [0.717, 1.165) is 11.3 Å². The number of hydrogen-bond donors (Lipinski definition) is 2. The molecule has 2 amide bonds. The minimum Gasteiger partial charge on any atom is -0.479 e. The number of benzene rings is 2. The summed E-state index contributed by atoms with van der Waals surface area (Å²) in [5, 5.41) is 5.63. The SMILES string of the molecule is Cc1cc2c(c(NC(=O)c3cccc(N(C)C)c3)c1)OCC(=O)N2. The lowest BCUT2D eigenvalue weighted by Gasteiger charge is -2.22. The number of anilines is 3. The van der Waals surface area contributed by atoms with Crippen molar-refractivity contribution in [1.82, 2.24) is 0 Å². The number of hydrogen-bond acceptors (Lipinski definition) is 4. The summed E-state index contributed by atoms with van der Waals surface area (Å²) in [7, 11) is 3.84. The molecule has 0 aliphatic carbocycles. The number of aryl methyl sites for hydroxylation is 1. The van der Waals surface area contributed by atoms with Crippen LogP contribution in [-0.4, -0.2) is 32.5 Å². The molecule has 6 heteroatoms. The van der Waals surface area contributed by atoms with E-state index in [9.17, 15) is 9.59 Å². The summed E-state index contributed by atoms with van der Waals surface area (Å²) in [5.74, 6) is 0.0494. The number of fused-ring (bicyclic) bond motifs is 1. The molecule has 2 aromatic rings. The summed E-state index contributed by atoms with van der Waals surface area (Å²) in [6.07, 6.45) is 0. The largest absolute Gasteiger partial charge is 0.479 e. The highest BCUT2D eigenvalue weighted by atomic mass is 16.5. The first-order valence-electron chi connectivity index (χ1n) is 7.60. The lowest BCUT2D eigenvalue weighted by Crippen LogP contribution is -2.26. The third-order valence-corrected chi connectivity index (χ3v) is 3.73. The predicted molar refractivity (Wildman–Crippen MR) is 94.0 cm³/mol. The Morgan fingerprint density at radius 3 is 2.79 bits per heavy atom. The van der Waals surface area contributed by atoms with Crippen LogP contribution in [0.5, 0.6) is 5.75 Å². The fourth-order valence-corrected chi connectivity index (χ4v) is 2.56. The third-order valence-electron chi connectivity index (χ3n) is 3.73. The highest BCUT2D eigenvalue weighted by Gasteiger charge is 2.21. The molecule has 0 atom stereocenters. The van der Waals surface area contributed by atoms with Crippen LogP contribution < -0.4 is 20.3 Å². The van der Waals surface area contributed by atoms with E-state index < -0.39 is 0 Å². The summed E-state index contributed by atoms with van der Waals surface area (Å²) in [4.78, 5) is 26.0. The number of rotatable bonds is 3. The van der Waals surface area contributed by atoms with Crippen molar-refractivity contribution < 1.29 is 14.3 Å². The molecule has 0 saturated heterocycles. The summed E-state index contributed by atoms with van der Waals surface area (Å²) in [5.41, 5.74) is 3.53. The number of nitrogens with one attached hydrogen (secondary N) is 2. The topological polar surface area (TPSA) is 70.7 Å². The average molecular weight is 325 g/mol. The quantitative estimate of drug-likeness (QED) is 0.910. The molecule has 0 unspecified atom stereocenters. The minimum atomic E-state index is -0.230. The van der Waals surface area contributed by atoms with E-state index in [1.165, 1.54) is 0 Å². The molecule has 3 rings (SSSR count). The van der Waals surface area contributed by atoms with Crippen LogP contribution in [0.2, 0.25) is 0 Å². The summed E-state index contributed by atoms with van der Waals surface area (Å²) >= 11 is 0. The fraction of sp³-hybridized carbons (Fsp3) is 0.222. The molecule has 124 valence electrons. The maximum Gasteiger partial charge on any atom is 0.262 e. The average Bonchev–Trinajstić information content (AvgIpc) is 2.54. The van der Waals surface area contributed by atoms with Crippen molar-refractivity contribution in [1.29, 1.82) is 0 Å². The van der Waals surface area contributed by atoms with Crippen molar-refractivity contribution in [3.05, 3.63) is 47.5 Å². The van der Waals surface area contributed by atoms with Gasteiger partial charge in [-0.15, -0.1) is 0 Å². The van der Waals surface area contributed by atoms with Crippen molar-refractivity contribution in [2.75, 3.05) is 36.2 Å². The van der Waals surface area contributed by atoms with Gasteiger partial charge in [-0.1, -0.05) is 6.07 Å². The normalized spacial score (nSPS) is 12.7. The van der Waals surface area contributed by atoms with Crippen LogP contribution in [0.3, 0.4) is 0 Å². The molecule has 0 spiro atoms. The predicted octanol–water partition coefficient (Wildman–Crippen LogP) is 2.64. The molecule has 2 aromatic carbocycles. The summed E-state index contributed by atoms with van der Waals surface area (Å²) in [6.45, 7) is 1.83. The third kappa shape index (κ3) is 3.17. The van der Waals surface area contributed by atoms with Crippen LogP contribution in [0.25, 0.3) is 0 Å². The van der Waals surface area contributed by atoms with Crippen molar-refractivity contribution >= 4 is 28.9 Å². The Bertz CT molecular complexity index is 815. The zero-order valence-electron chi connectivity index (χ0n) is 13.8. The van der Waals surface area contributed by atoms with Gasteiger partial charge in [-0.05, 0) is 42.8 Å². The Kier molecular flexibility index (Phi) is 4.12. The zero-order valence-corrected chi connectivity index (χ0v) is 13.8. The van der Waals surface area contributed by atoms with Crippen LogP contribution in [-0.2, 0) is 4.79 Å². The molecule has 0 aromatic heterocycles. The summed E-state index contributed by atoms with van der Waals surface area (Å²) < 4.78 is 5.49. The van der Waals surface area contributed by atoms with E-state index >= 15 is 0 Å². The first-order chi connectivity index (χ1) is 11.4. The summed E-state index contributed by atoms with van der Waals surface area (Å²) in [6, 6.07) is 11.0. The van der Waals surface area contributed by atoms with Gasteiger partial charge in [0, 0.05) is 25.3 Å². The lowest BCUT2D eigenvalue weighted by atomic mass is 10.1. The standard InChI is InChI=1S/C18H19N3O3/c1-11-7-14-17(24-10-16(22)19-14)15(8-11)20-18(23)12-5-4-6-13(9-12)21(2)3/h4-9H,10H2,1-3H3,(H,19,22)(H,20,23). The van der Waals surface area contributed by atoms with Gasteiger partial charge in [-0.25, -0.2) is 0 Å². The van der Waals surface area contributed by atoms with Crippen LogP contribution in [0.4, 0.5) is 17.1 Å². The Labute approximate surface area is 140 Å². The van der Waals surface area contributed by atoms with E-state index in [0.29, 0.717) is 22.7 Å². The van der Waals surface area contributed by atoms with Gasteiger partial charge in [-0.3, -0.25) is 9.59 Å². The monoisotopic (exact) mass is 325 g/mol. The number of carbonyl (C=O) groups excluding carboxylic acids is 2. The van der Waals surface area contributed by atoms with Crippen molar-refractivity contribution in [3.63, 3.8) is 0 Å². The van der Waals surface area contributed by atoms with Crippen LogP contribution in [0.15, 0.2) is 36.4 Å². The van der Waals surface area contributed by atoms with E-state index in [4.69, 9.17) is 4.74 Å². The van der Waals surface area contributed by atoms with Gasteiger partial charge in [0.1, 0.15) is 0 Å². The van der Waals surface area contributed by atoms with Crippen LogP contribution in [0, 0.1) is 6.92 Å². The first-order valence-corrected chi connectivity index (χ1v) is 7.60. The zero-order chi connectivity index (χ0) is 17.3. The van der Waals surface area contributed by atoms with E-state index in [1.807, 2.05) is 56.3 Å². The second-order valence-electron chi connectivity index (χ2n) is 5.92. The Hall–Kier alpha value is -3.02. The molecule has 0 bridgehead atoms. The van der Waals surface area contributed by atoms with Crippen LogP contribution >= 0.6 is 0 Å². The van der Waals surface area contributed by atoms with Crippen LogP contribution in [0.1, 0.15) is 15.9 Å². The van der Waals surface area contributed by atoms with Crippen molar-refractivity contribution in [3.8, 4) is 5.75 Å². The van der Waals surface area contributed by atoms with Gasteiger partial charge < -0.3 is 20.3 Å². The maximum atomic E-state index is 12.6. The highest BCUT2D eigenvalue weighted by Crippen LogP contribution is 2.37. The smallest absolute Gasteiger partial charge is 0.262 e. The number of amides is 2. The van der Waals surface area contributed by atoms with Gasteiger partial charge in [0.25, 0.3) is 11.8 Å². The van der Waals surface area contributed by atoms with Gasteiger partial charge in [0.05, 0.1) is 11.4 Å². The molecule has 0 saturated carbocycles. The molecule has 0 radical (unpaired) electrons. The molecular formula is C18H19N3O3. The Morgan fingerprint density at radius 1 is 1.25 bits per heavy atom. The maximum absolute atomic E-state index is 12.6. The number of carbonyl (C=O) groups is 2. The Morgan fingerprint density at radius 2 is 2.04 bits per heavy atom. The number of ether oxygens (including phenoxy) is 1. The minimum absolute atomic E-state index is 0.0605. The molecule has 1 heterocycles. The first kappa shape index (κ1) is 15.9. The van der Waals surface area contributed by atoms with Gasteiger partial charge in [0.15, 0.2) is 12.4 Å². The van der Waals surface area contributed by atoms with E-state index in [-0.39, 0.29) is 18.4 Å². The Balaban J connectivity index is 1.90. The lowest BCUT2D eigenvalue weighted by molar-refractivity contribution is -0.118. The molecule has 6 nitrogen and oxygen atoms in total. The molecular weight excluding hydrogens is 306 g/mol. The fourth-order valence-electron chi connectivity index (χ4n) is 2.56. The number of nitrogens with zero attached hydrogens (tertiary/aromatic N) is 1. The van der Waals surface area contributed by atoms with Gasteiger partial charge in [-0.2, -0.15) is 0 Å². The molecule has 1 aliphatic heterocycles. The highest BCUT2D eigenvalue weighted by molar-refractivity contribution is 6.07. The van der Waals surface area contributed by atoms with Gasteiger partial charge in [0.2, 0.25) is 0 Å². The van der Waals surface area contributed by atoms with Crippen molar-refractivity contribution in [2.45, 2.75) is 6.92 Å². The molecule has 0 fully saturated rings. The second-order valence-corrected chi connectivity index (χ2v) is 5.92. The van der Waals surface area contributed by atoms with Crippen molar-refractivity contribution in [2.24, 2.45) is 0 Å².